The molecule has 0 N–H and O–H groups in total. The van der Waals surface area contributed by atoms with Crippen LogP contribution in [-0.2, 0) is 6.42 Å². The number of unbranched alkanes of at least 4 members (excludes halogenated alkanes) is 2. The van der Waals surface area contributed by atoms with Crippen molar-refractivity contribution in [2.24, 2.45) is 11.8 Å². The minimum atomic E-state index is 0.466. The zero-order valence-corrected chi connectivity index (χ0v) is 35.2. The first-order chi connectivity index (χ1) is 22.2. The zero-order valence-electron chi connectivity index (χ0n) is 35.2. The molecule has 1 heteroatoms. The predicted octanol–water partition coefficient (Wildman–Crippen LogP) is 15.7. The number of allylic oxidation sites excluding steroid dienone is 4. The Kier molecular flexibility index (Phi) is 39.2. The van der Waals surface area contributed by atoms with Crippen LogP contribution in [0.4, 0.5) is 0 Å². The third-order valence-electron chi connectivity index (χ3n) is 8.61. The summed E-state index contributed by atoms with van der Waals surface area (Å²) in [6.45, 7) is 39.6. The van der Waals surface area contributed by atoms with Crippen molar-refractivity contribution in [1.82, 2.24) is 0 Å². The van der Waals surface area contributed by atoms with Crippen molar-refractivity contribution in [3.8, 4) is 0 Å². The molecule has 0 bridgehead atoms. The fraction of sp³-hybridized carbons (Fsp3) is 0.696. The van der Waals surface area contributed by atoms with E-state index < -0.39 is 0 Å². The summed E-state index contributed by atoms with van der Waals surface area (Å²) in [5.74, 6) is 1.60. The maximum Gasteiger partial charge on any atom is 0.112 e. The van der Waals surface area contributed by atoms with E-state index in [4.69, 9.17) is 0 Å². The Hall–Kier alpha value is -1.86. The lowest BCUT2D eigenvalue weighted by atomic mass is 9.81. The van der Waals surface area contributed by atoms with Crippen molar-refractivity contribution in [1.29, 1.82) is 0 Å². The Labute approximate surface area is 299 Å². The van der Waals surface area contributed by atoms with Crippen molar-refractivity contribution in [3.63, 3.8) is 0 Å². The number of aryl methyl sites for hydroxylation is 2. The molecule has 276 valence electrons. The average molecular weight is 655 g/mol. The van der Waals surface area contributed by atoms with Crippen LogP contribution in [0.2, 0.25) is 0 Å². The lowest BCUT2D eigenvalue weighted by Crippen LogP contribution is -2.48. The Bertz CT molecular complexity index is 868. The van der Waals surface area contributed by atoms with Gasteiger partial charge in [-0.1, -0.05) is 162 Å². The number of hydrogen-bond donors (Lipinski definition) is 0. The van der Waals surface area contributed by atoms with Gasteiger partial charge in [0.1, 0.15) is 11.7 Å². The van der Waals surface area contributed by atoms with Crippen LogP contribution in [0.5, 0.6) is 0 Å². The van der Waals surface area contributed by atoms with Crippen molar-refractivity contribution in [3.05, 3.63) is 84.1 Å². The molecule has 0 spiro atoms. The second-order valence-corrected chi connectivity index (χ2v) is 14.0. The SMILES string of the molecule is C=C(C)C.C=C[C@H](CCC(=C)C)[N+](C)(C)/C(=C/CC)[C@@H](C)CC1CCCCC1.CC.CCCC.CCCC.CCc1ccccc1C. The van der Waals surface area contributed by atoms with Gasteiger partial charge in [-0.3, -0.25) is 4.48 Å². The average Bonchev–Trinajstić information content (AvgIpc) is 3.05. The largest absolute Gasteiger partial charge is 0.294 e. The molecule has 2 rings (SSSR count). The van der Waals surface area contributed by atoms with Gasteiger partial charge >= 0.3 is 0 Å². The third kappa shape index (κ3) is 30.0. The Morgan fingerprint density at radius 2 is 1.32 bits per heavy atom. The Morgan fingerprint density at radius 1 is 0.851 bits per heavy atom. The first kappa shape index (κ1) is 52.0. The molecule has 0 unspecified atom stereocenters. The summed E-state index contributed by atoms with van der Waals surface area (Å²) in [4.78, 5) is 0. The summed E-state index contributed by atoms with van der Waals surface area (Å²) in [6.07, 6.45) is 23.0. The third-order valence-corrected chi connectivity index (χ3v) is 8.61. The lowest BCUT2D eigenvalue weighted by molar-refractivity contribution is -0.875. The van der Waals surface area contributed by atoms with Gasteiger partial charge < -0.3 is 0 Å². The van der Waals surface area contributed by atoms with E-state index in [9.17, 15) is 0 Å². The molecule has 47 heavy (non-hydrogen) atoms. The standard InChI is InChI=1S/C23H42N.C9H12.C4H8.2C4H10.C2H6/c1-8-13-23(20(5)18-21-14-11-10-12-15-21)24(6,7)22(9-2)17-16-19(3)4;1-3-9-7-5-4-6-8(9)2;1-4(2)3;2*1-3-4-2;1-2/h9,13,20-22H,2-3,8,10-12,14-18H2,1,4-7H3;4-7H,3H2,1-2H3;1H2,2-3H3;2*3-4H2,1-2H3;1-2H3/q+1;;;;;/b23-13+;;;;;/t20-,22+;;;;;/m0...../s1. The second-order valence-electron chi connectivity index (χ2n) is 14.0. The van der Waals surface area contributed by atoms with Gasteiger partial charge in [-0.25, -0.2) is 0 Å². The molecule has 0 amide bonds. The molecule has 0 aliphatic heterocycles. The first-order valence-corrected chi connectivity index (χ1v) is 19.7. The molecule has 0 saturated heterocycles. The van der Waals surface area contributed by atoms with Gasteiger partial charge in [-0.05, 0) is 82.6 Å². The molecule has 0 radical (unpaired) electrons. The predicted molar refractivity (Wildman–Crippen MR) is 222 cm³/mol. The van der Waals surface area contributed by atoms with E-state index in [0.717, 1.165) is 36.1 Å². The lowest BCUT2D eigenvalue weighted by Gasteiger charge is -2.41. The highest BCUT2D eigenvalue weighted by Crippen LogP contribution is 2.35. The van der Waals surface area contributed by atoms with Crippen LogP contribution in [0.3, 0.4) is 0 Å². The quantitative estimate of drug-likeness (QED) is 0.147. The first-order valence-electron chi connectivity index (χ1n) is 19.7. The monoisotopic (exact) mass is 655 g/mol. The van der Waals surface area contributed by atoms with Gasteiger partial charge in [0, 0.05) is 12.3 Å². The van der Waals surface area contributed by atoms with Gasteiger partial charge in [0.2, 0.25) is 0 Å². The van der Waals surface area contributed by atoms with Crippen molar-refractivity contribution in [2.75, 3.05) is 14.1 Å². The number of hydrogen-bond acceptors (Lipinski definition) is 0. The number of nitrogens with zero attached hydrogens (tertiary/aromatic N) is 1. The summed E-state index contributed by atoms with van der Waals surface area (Å²) < 4.78 is 0.957. The highest BCUT2D eigenvalue weighted by molar-refractivity contribution is 5.25. The van der Waals surface area contributed by atoms with Crippen LogP contribution in [0.25, 0.3) is 0 Å². The molecule has 1 fully saturated rings. The molecule has 0 heterocycles. The van der Waals surface area contributed by atoms with Crippen LogP contribution in [0.1, 0.15) is 178 Å². The summed E-state index contributed by atoms with van der Waals surface area (Å²) in [6, 6.07) is 8.96. The van der Waals surface area contributed by atoms with E-state index in [1.54, 1.807) is 5.70 Å². The van der Waals surface area contributed by atoms with E-state index >= 15 is 0 Å². The van der Waals surface area contributed by atoms with E-state index in [2.05, 4.69) is 133 Å². The number of quaternary nitrogens is 1. The summed E-state index contributed by atoms with van der Waals surface area (Å²) in [5.41, 5.74) is 6.91. The van der Waals surface area contributed by atoms with Crippen molar-refractivity contribution < 1.29 is 4.48 Å². The van der Waals surface area contributed by atoms with Crippen molar-refractivity contribution in [2.45, 2.75) is 186 Å². The molecule has 1 aromatic rings. The van der Waals surface area contributed by atoms with Gasteiger partial charge in [-0.15, -0.1) is 13.2 Å². The van der Waals surface area contributed by atoms with Crippen LogP contribution in [-0.4, -0.2) is 24.6 Å². The molecule has 0 aromatic heterocycles. The number of rotatable bonds is 13. The minimum Gasteiger partial charge on any atom is -0.294 e. The molecule has 2 atom stereocenters. The highest BCUT2D eigenvalue weighted by atomic mass is 15.3. The fourth-order valence-corrected chi connectivity index (χ4v) is 5.55. The molecule has 1 aliphatic carbocycles. The molecular weight excluding hydrogens is 567 g/mol. The minimum absolute atomic E-state index is 0.466. The number of benzene rings is 1. The van der Waals surface area contributed by atoms with Gasteiger partial charge in [0.05, 0.1) is 14.1 Å². The zero-order chi connectivity index (χ0) is 37.3. The smallest absolute Gasteiger partial charge is 0.112 e. The van der Waals surface area contributed by atoms with Crippen LogP contribution in [0.15, 0.2) is 73.0 Å². The molecule has 1 nitrogen and oxygen atoms in total. The van der Waals surface area contributed by atoms with Gasteiger partial charge in [-0.2, -0.15) is 0 Å². The molecule has 1 aliphatic rings. The van der Waals surface area contributed by atoms with Crippen LogP contribution in [0, 0.1) is 18.8 Å². The number of likely N-dealkylation sites (N-methyl/N-ethyl adjacent to an activating group) is 1. The second kappa shape index (κ2) is 35.4. The maximum atomic E-state index is 4.15. The van der Waals surface area contributed by atoms with E-state index in [1.165, 1.54) is 86.5 Å². The highest BCUT2D eigenvalue weighted by Gasteiger charge is 2.34. The molecule has 1 aromatic carbocycles. The fourth-order valence-electron chi connectivity index (χ4n) is 5.55. The Morgan fingerprint density at radius 3 is 1.66 bits per heavy atom. The van der Waals surface area contributed by atoms with Crippen molar-refractivity contribution >= 4 is 0 Å². The normalized spacial score (nSPS) is 13.9. The maximum absolute atomic E-state index is 4.15. The van der Waals surface area contributed by atoms with E-state index in [0.29, 0.717) is 12.0 Å². The van der Waals surface area contributed by atoms with Gasteiger partial charge in [0.25, 0.3) is 0 Å². The molecular formula is C46H88N+. The summed E-state index contributed by atoms with van der Waals surface area (Å²) in [7, 11) is 4.76. The van der Waals surface area contributed by atoms with Gasteiger partial charge in [0.15, 0.2) is 0 Å². The van der Waals surface area contributed by atoms with Crippen LogP contribution < -0.4 is 0 Å². The summed E-state index contributed by atoms with van der Waals surface area (Å²) >= 11 is 0. The molecule has 1 saturated carbocycles. The topological polar surface area (TPSA) is 0 Å². The van der Waals surface area contributed by atoms with E-state index in [-0.39, 0.29) is 0 Å². The Balaban J connectivity index is -0.000000325. The summed E-state index contributed by atoms with van der Waals surface area (Å²) in [5, 5.41) is 0. The van der Waals surface area contributed by atoms with E-state index in [1.807, 2.05) is 27.7 Å². The van der Waals surface area contributed by atoms with Crippen LogP contribution >= 0.6 is 0 Å².